The van der Waals surface area contributed by atoms with Crippen LogP contribution in [0.1, 0.15) is 42.6 Å². The Bertz CT molecular complexity index is 943. The molecule has 148 valence electrons. The zero-order valence-electron chi connectivity index (χ0n) is 16.4. The van der Waals surface area contributed by atoms with Crippen molar-refractivity contribution in [2.24, 2.45) is 0 Å². The van der Waals surface area contributed by atoms with Crippen molar-refractivity contribution in [1.29, 1.82) is 0 Å². The minimum Gasteiger partial charge on any atom is -0.384 e. The van der Waals surface area contributed by atoms with Crippen molar-refractivity contribution in [2.75, 3.05) is 13.1 Å². The fourth-order valence-electron chi connectivity index (χ4n) is 2.92. The summed E-state index contributed by atoms with van der Waals surface area (Å²) in [5.74, 6) is -0.220. The third-order valence-corrected chi connectivity index (χ3v) is 4.27. The van der Waals surface area contributed by atoms with E-state index in [4.69, 9.17) is 0 Å². The molecule has 0 saturated heterocycles. The van der Waals surface area contributed by atoms with Gasteiger partial charge in [0.25, 0.3) is 5.91 Å². The molecule has 10 heteroatoms. The lowest BCUT2D eigenvalue weighted by atomic mass is 10.0. The lowest BCUT2D eigenvalue weighted by molar-refractivity contribution is 0.0709. The highest BCUT2D eigenvalue weighted by Crippen LogP contribution is 2.19. The Morgan fingerprint density at radius 1 is 1.21 bits per heavy atom. The van der Waals surface area contributed by atoms with Gasteiger partial charge in [-0.2, -0.15) is 25.2 Å². The van der Waals surface area contributed by atoms with Crippen molar-refractivity contribution in [1.82, 2.24) is 39.9 Å². The summed E-state index contributed by atoms with van der Waals surface area (Å²) in [4.78, 5) is 21.8. The zero-order chi connectivity index (χ0) is 20.3. The number of rotatable bonds is 7. The summed E-state index contributed by atoms with van der Waals surface area (Å²) in [6.07, 6.45) is 4.66. The largest absolute Gasteiger partial charge is 0.384 e. The molecule has 3 aromatic rings. The van der Waals surface area contributed by atoms with Crippen LogP contribution in [0.25, 0.3) is 5.69 Å². The van der Waals surface area contributed by atoms with Gasteiger partial charge in [0.2, 0.25) is 0 Å². The second kappa shape index (κ2) is 7.85. The number of likely N-dealkylation sites (N-methyl/N-ethyl adjacent to an activating group) is 1. The predicted octanol–water partition coefficient (Wildman–Crippen LogP) is 0.952. The van der Waals surface area contributed by atoms with Crippen LogP contribution >= 0.6 is 0 Å². The monoisotopic (exact) mass is 384 g/mol. The SMILES string of the molecule is CCN(CCn1nc(C)c(C(C)(C)O)n1)C(=O)c1ncccc1-n1nccn1. The maximum absolute atomic E-state index is 13.0. The van der Waals surface area contributed by atoms with Crippen LogP contribution in [0.5, 0.6) is 0 Å². The molecule has 10 nitrogen and oxygen atoms in total. The van der Waals surface area contributed by atoms with Crippen molar-refractivity contribution >= 4 is 5.91 Å². The van der Waals surface area contributed by atoms with E-state index in [-0.39, 0.29) is 11.6 Å². The van der Waals surface area contributed by atoms with E-state index >= 15 is 0 Å². The van der Waals surface area contributed by atoms with E-state index in [0.29, 0.717) is 36.7 Å². The molecule has 0 aliphatic carbocycles. The van der Waals surface area contributed by atoms with E-state index in [2.05, 4.69) is 25.4 Å². The van der Waals surface area contributed by atoms with Gasteiger partial charge in [-0.25, -0.2) is 4.98 Å². The van der Waals surface area contributed by atoms with Crippen LogP contribution in [0.15, 0.2) is 30.7 Å². The molecule has 28 heavy (non-hydrogen) atoms. The number of carbonyl (C=O) groups is 1. The number of hydrogen-bond acceptors (Lipinski definition) is 7. The van der Waals surface area contributed by atoms with Gasteiger partial charge in [-0.15, -0.1) is 4.80 Å². The normalized spacial score (nSPS) is 11.6. The Kier molecular flexibility index (Phi) is 5.50. The summed E-state index contributed by atoms with van der Waals surface area (Å²) in [7, 11) is 0. The highest BCUT2D eigenvalue weighted by atomic mass is 16.3. The first-order valence-corrected chi connectivity index (χ1v) is 9.06. The van der Waals surface area contributed by atoms with Crippen LogP contribution in [-0.4, -0.2) is 64.0 Å². The van der Waals surface area contributed by atoms with Gasteiger partial charge in [0, 0.05) is 19.3 Å². The Morgan fingerprint density at radius 3 is 2.54 bits per heavy atom. The molecule has 1 N–H and O–H groups in total. The molecule has 3 aromatic heterocycles. The number of aryl methyl sites for hydroxylation is 1. The van der Waals surface area contributed by atoms with Crippen molar-refractivity contribution < 1.29 is 9.90 Å². The van der Waals surface area contributed by atoms with E-state index in [1.54, 1.807) is 56.4 Å². The number of hydrogen-bond donors (Lipinski definition) is 1. The molecule has 0 fully saturated rings. The molecule has 0 aromatic carbocycles. The summed E-state index contributed by atoms with van der Waals surface area (Å²) in [5.41, 5.74) is 0.926. The smallest absolute Gasteiger partial charge is 0.274 e. The topological polar surface area (TPSA) is 115 Å². The maximum atomic E-state index is 13.0. The van der Waals surface area contributed by atoms with Crippen LogP contribution in [0.3, 0.4) is 0 Å². The van der Waals surface area contributed by atoms with Crippen LogP contribution < -0.4 is 0 Å². The van der Waals surface area contributed by atoms with Crippen molar-refractivity contribution in [3.63, 3.8) is 0 Å². The summed E-state index contributed by atoms with van der Waals surface area (Å²) in [5, 5.41) is 27.0. The molecule has 3 rings (SSSR count). The molecule has 1 amide bonds. The van der Waals surface area contributed by atoms with Gasteiger partial charge >= 0.3 is 0 Å². The van der Waals surface area contributed by atoms with E-state index in [0.717, 1.165) is 0 Å². The zero-order valence-corrected chi connectivity index (χ0v) is 16.4. The molecule has 0 spiro atoms. The molecule has 0 bridgehead atoms. The molecule has 0 aliphatic rings. The molecule has 0 unspecified atom stereocenters. The highest BCUT2D eigenvalue weighted by Gasteiger charge is 2.25. The second-order valence-corrected chi connectivity index (χ2v) is 6.86. The van der Waals surface area contributed by atoms with Crippen molar-refractivity contribution in [3.8, 4) is 5.69 Å². The molecular weight excluding hydrogens is 360 g/mol. The fraction of sp³-hybridized carbons (Fsp3) is 0.444. The summed E-state index contributed by atoms with van der Waals surface area (Å²) >= 11 is 0. The number of amides is 1. The second-order valence-electron chi connectivity index (χ2n) is 6.86. The molecule has 3 heterocycles. The summed E-state index contributed by atoms with van der Waals surface area (Å²) in [6, 6.07) is 3.49. The molecule has 0 radical (unpaired) electrons. The standard InChI is InChI=1S/C18H24N8O2/c1-5-24(11-12-25-22-13(2)16(23-25)18(3,4)28)17(27)15-14(7-6-8-19-15)26-20-9-10-21-26/h6-10,28H,5,11-12H2,1-4H3. The van der Waals surface area contributed by atoms with Crippen LogP contribution in [0.2, 0.25) is 0 Å². The maximum Gasteiger partial charge on any atom is 0.274 e. The molecular formula is C18H24N8O2. The van der Waals surface area contributed by atoms with Gasteiger partial charge in [0.05, 0.1) is 24.6 Å². The van der Waals surface area contributed by atoms with Gasteiger partial charge in [0.1, 0.15) is 17.0 Å². The average molecular weight is 384 g/mol. The third kappa shape index (κ3) is 4.06. The molecule has 0 atom stereocenters. The van der Waals surface area contributed by atoms with Crippen LogP contribution in [-0.2, 0) is 12.1 Å². The van der Waals surface area contributed by atoms with Gasteiger partial charge in [-0.3, -0.25) is 4.79 Å². The first-order chi connectivity index (χ1) is 13.3. The number of pyridine rings is 1. The third-order valence-electron chi connectivity index (χ3n) is 4.27. The first-order valence-electron chi connectivity index (χ1n) is 9.06. The van der Waals surface area contributed by atoms with Gasteiger partial charge < -0.3 is 10.0 Å². The minimum absolute atomic E-state index is 0.220. The van der Waals surface area contributed by atoms with Gasteiger partial charge in [-0.05, 0) is 39.8 Å². The average Bonchev–Trinajstić information content (AvgIpc) is 3.31. The molecule has 0 saturated carbocycles. The van der Waals surface area contributed by atoms with Crippen LogP contribution in [0.4, 0.5) is 0 Å². The fourth-order valence-corrected chi connectivity index (χ4v) is 2.92. The van der Waals surface area contributed by atoms with Crippen molar-refractivity contribution in [2.45, 2.75) is 39.8 Å². The predicted molar refractivity (Wildman–Crippen MR) is 101 cm³/mol. The van der Waals surface area contributed by atoms with Gasteiger partial charge in [0.15, 0.2) is 5.69 Å². The number of nitrogens with zero attached hydrogens (tertiary/aromatic N) is 8. The summed E-state index contributed by atoms with van der Waals surface area (Å²) < 4.78 is 0. The lowest BCUT2D eigenvalue weighted by Crippen LogP contribution is -2.35. The van der Waals surface area contributed by atoms with Crippen molar-refractivity contribution in [3.05, 3.63) is 47.8 Å². The Labute approximate surface area is 162 Å². The van der Waals surface area contributed by atoms with E-state index in [1.807, 2.05) is 6.92 Å². The van der Waals surface area contributed by atoms with E-state index in [1.165, 1.54) is 9.59 Å². The van der Waals surface area contributed by atoms with Gasteiger partial charge in [-0.1, -0.05) is 0 Å². The van der Waals surface area contributed by atoms with E-state index < -0.39 is 5.60 Å². The quantitative estimate of drug-likeness (QED) is 0.645. The first kappa shape index (κ1) is 19.6. The number of aromatic nitrogens is 7. The number of carbonyl (C=O) groups excluding carboxylic acids is 1. The number of aliphatic hydroxyl groups is 1. The molecule has 0 aliphatic heterocycles. The van der Waals surface area contributed by atoms with E-state index in [9.17, 15) is 9.90 Å². The van der Waals surface area contributed by atoms with Crippen LogP contribution in [0, 0.1) is 6.92 Å². The Balaban J connectivity index is 1.77. The minimum atomic E-state index is -1.07. The lowest BCUT2D eigenvalue weighted by Gasteiger charge is -2.21. The summed E-state index contributed by atoms with van der Waals surface area (Å²) in [6.45, 7) is 8.34. The Hall–Kier alpha value is -3.14. The Morgan fingerprint density at radius 2 is 1.93 bits per heavy atom. The highest BCUT2D eigenvalue weighted by molar-refractivity contribution is 5.95.